The maximum atomic E-state index is 12.2. The molecule has 0 heterocycles. The van der Waals surface area contributed by atoms with Crippen LogP contribution in [0.5, 0.6) is 5.75 Å². The van der Waals surface area contributed by atoms with Crippen LogP contribution in [0.4, 0.5) is 0 Å². The summed E-state index contributed by atoms with van der Waals surface area (Å²) >= 11 is 0. The van der Waals surface area contributed by atoms with Crippen LogP contribution in [0.1, 0.15) is 31.9 Å². The highest BCUT2D eigenvalue weighted by molar-refractivity contribution is 5.99. The van der Waals surface area contributed by atoms with Crippen molar-refractivity contribution in [1.29, 1.82) is 0 Å². The van der Waals surface area contributed by atoms with Crippen molar-refractivity contribution in [1.82, 2.24) is 0 Å². The predicted molar refractivity (Wildman–Crippen MR) is 78.2 cm³/mol. The van der Waals surface area contributed by atoms with E-state index in [1.807, 2.05) is 32.0 Å². The number of fused-ring (bicyclic) bond motifs is 1. The molecule has 0 saturated heterocycles. The monoisotopic (exact) mass is 275 g/mol. The Hall–Kier alpha value is -1.97. The lowest BCUT2D eigenvalue weighted by Crippen LogP contribution is -2.32. The second kappa shape index (κ2) is 5.19. The van der Waals surface area contributed by atoms with Crippen molar-refractivity contribution >= 4 is 11.7 Å². The Morgan fingerprint density at radius 2 is 2.10 bits per heavy atom. The van der Waals surface area contributed by atoms with Crippen LogP contribution in [-0.4, -0.2) is 19.7 Å². The highest BCUT2D eigenvalue weighted by atomic mass is 16.5. The van der Waals surface area contributed by atoms with E-state index in [-0.39, 0.29) is 11.4 Å². The van der Waals surface area contributed by atoms with Gasteiger partial charge in [-0.05, 0) is 31.0 Å². The fourth-order valence-electron chi connectivity index (χ4n) is 2.74. The van der Waals surface area contributed by atoms with Crippen molar-refractivity contribution in [2.24, 2.45) is 11.1 Å². The molecular weight excluding hydrogens is 254 g/mol. The molecule has 1 aliphatic carbocycles. The minimum atomic E-state index is -0.335. The second-order valence-electron chi connectivity index (χ2n) is 5.59. The zero-order valence-corrected chi connectivity index (χ0v) is 12.4. The van der Waals surface area contributed by atoms with Crippen LogP contribution in [0.3, 0.4) is 0 Å². The van der Waals surface area contributed by atoms with Gasteiger partial charge in [0, 0.05) is 11.0 Å². The molecule has 0 fully saturated rings. The van der Waals surface area contributed by atoms with Gasteiger partial charge in [0.05, 0.1) is 25.0 Å². The summed E-state index contributed by atoms with van der Waals surface area (Å²) in [6.45, 7) is 6.16. The van der Waals surface area contributed by atoms with E-state index in [4.69, 9.17) is 15.2 Å². The smallest absolute Gasteiger partial charge is 0.336 e. The Kier molecular flexibility index (Phi) is 3.75. The van der Waals surface area contributed by atoms with Gasteiger partial charge in [0.15, 0.2) is 0 Å². The van der Waals surface area contributed by atoms with E-state index in [2.05, 4.69) is 0 Å². The van der Waals surface area contributed by atoms with Gasteiger partial charge in [-0.25, -0.2) is 4.79 Å². The molecule has 0 amide bonds. The van der Waals surface area contributed by atoms with Crippen molar-refractivity contribution in [3.8, 4) is 5.75 Å². The van der Waals surface area contributed by atoms with Crippen molar-refractivity contribution in [3.05, 3.63) is 34.9 Å². The first-order chi connectivity index (χ1) is 9.40. The van der Waals surface area contributed by atoms with Gasteiger partial charge in [-0.1, -0.05) is 19.9 Å². The third-order valence-electron chi connectivity index (χ3n) is 3.67. The fraction of sp³-hybridized carbons (Fsp3) is 0.438. The minimum Gasteiger partial charge on any atom is -0.497 e. The number of ether oxygens (including phenoxy) is 2. The zero-order chi connectivity index (χ0) is 14.9. The first kappa shape index (κ1) is 14.4. The van der Waals surface area contributed by atoms with E-state index < -0.39 is 0 Å². The largest absolute Gasteiger partial charge is 0.497 e. The lowest BCUT2D eigenvalue weighted by atomic mass is 9.72. The lowest BCUT2D eigenvalue weighted by molar-refractivity contribution is -0.139. The van der Waals surface area contributed by atoms with Gasteiger partial charge in [0.1, 0.15) is 5.75 Å². The van der Waals surface area contributed by atoms with E-state index in [0.29, 0.717) is 17.9 Å². The average molecular weight is 275 g/mol. The molecule has 1 aliphatic rings. The molecule has 2 N–H and O–H groups in total. The third kappa shape index (κ3) is 2.38. The van der Waals surface area contributed by atoms with Gasteiger partial charge >= 0.3 is 5.97 Å². The molecule has 0 unspecified atom stereocenters. The summed E-state index contributed by atoms with van der Waals surface area (Å²) in [4.78, 5) is 12.2. The SMILES string of the molecule is CCOC(=O)C1=C(N)c2cc(OC)ccc2CC1(C)C. The average Bonchev–Trinajstić information content (AvgIpc) is 2.37. The van der Waals surface area contributed by atoms with Gasteiger partial charge in [0.25, 0.3) is 0 Å². The molecule has 0 radical (unpaired) electrons. The number of carbonyl (C=O) groups is 1. The number of nitrogens with two attached hydrogens (primary N) is 1. The summed E-state index contributed by atoms with van der Waals surface area (Å²) in [5.74, 6) is 0.401. The van der Waals surface area contributed by atoms with Crippen LogP contribution in [0.25, 0.3) is 5.70 Å². The van der Waals surface area contributed by atoms with Crippen LogP contribution in [-0.2, 0) is 16.0 Å². The molecule has 0 saturated carbocycles. The molecule has 2 rings (SSSR count). The zero-order valence-electron chi connectivity index (χ0n) is 12.4. The minimum absolute atomic E-state index is 0.330. The van der Waals surface area contributed by atoms with E-state index in [1.54, 1.807) is 14.0 Å². The van der Waals surface area contributed by atoms with Gasteiger partial charge in [-0.15, -0.1) is 0 Å². The highest BCUT2D eigenvalue weighted by Crippen LogP contribution is 2.42. The fourth-order valence-corrected chi connectivity index (χ4v) is 2.74. The summed E-state index contributed by atoms with van der Waals surface area (Å²) < 4.78 is 10.4. The molecule has 0 aliphatic heterocycles. The van der Waals surface area contributed by atoms with Gasteiger partial charge in [-0.2, -0.15) is 0 Å². The van der Waals surface area contributed by atoms with E-state index in [0.717, 1.165) is 23.3 Å². The number of hydrogen-bond donors (Lipinski definition) is 1. The van der Waals surface area contributed by atoms with Crippen molar-refractivity contribution in [2.75, 3.05) is 13.7 Å². The van der Waals surface area contributed by atoms with Crippen LogP contribution in [0, 0.1) is 5.41 Å². The van der Waals surface area contributed by atoms with Crippen LogP contribution in [0.15, 0.2) is 23.8 Å². The van der Waals surface area contributed by atoms with Crippen LogP contribution < -0.4 is 10.5 Å². The predicted octanol–water partition coefficient (Wildman–Crippen LogP) is 2.51. The van der Waals surface area contributed by atoms with Gasteiger partial charge in [0.2, 0.25) is 0 Å². The first-order valence-corrected chi connectivity index (χ1v) is 6.75. The molecular formula is C16H21NO3. The normalized spacial score (nSPS) is 16.6. The number of benzene rings is 1. The molecule has 108 valence electrons. The Balaban J connectivity index is 2.58. The molecule has 0 atom stereocenters. The Bertz CT molecular complexity index is 573. The highest BCUT2D eigenvalue weighted by Gasteiger charge is 2.37. The third-order valence-corrected chi connectivity index (χ3v) is 3.67. The molecule has 0 aromatic heterocycles. The lowest BCUT2D eigenvalue weighted by Gasteiger charge is -2.33. The Labute approximate surface area is 119 Å². The van der Waals surface area contributed by atoms with E-state index >= 15 is 0 Å². The maximum Gasteiger partial charge on any atom is 0.336 e. The summed E-state index contributed by atoms with van der Waals surface area (Å²) in [6, 6.07) is 5.79. The second-order valence-corrected chi connectivity index (χ2v) is 5.59. The standard InChI is InChI=1S/C16H21NO3/c1-5-20-15(18)13-14(17)12-8-11(19-4)7-6-10(12)9-16(13,2)3/h6-8H,5,9,17H2,1-4H3. The van der Waals surface area contributed by atoms with Crippen molar-refractivity contribution < 1.29 is 14.3 Å². The summed E-state index contributed by atoms with van der Waals surface area (Å²) in [7, 11) is 1.61. The number of rotatable bonds is 3. The summed E-state index contributed by atoms with van der Waals surface area (Å²) in [5.41, 5.74) is 8.95. The first-order valence-electron chi connectivity index (χ1n) is 6.75. The number of methoxy groups -OCH3 is 1. The number of esters is 1. The summed E-state index contributed by atoms with van der Waals surface area (Å²) in [6.07, 6.45) is 0.751. The molecule has 4 heteroatoms. The Morgan fingerprint density at radius 1 is 1.40 bits per heavy atom. The van der Waals surface area contributed by atoms with Gasteiger partial charge < -0.3 is 15.2 Å². The molecule has 1 aromatic rings. The molecule has 4 nitrogen and oxygen atoms in total. The maximum absolute atomic E-state index is 12.2. The molecule has 1 aromatic carbocycles. The van der Waals surface area contributed by atoms with E-state index in [9.17, 15) is 4.79 Å². The molecule has 0 spiro atoms. The molecule has 20 heavy (non-hydrogen) atoms. The quantitative estimate of drug-likeness (QED) is 0.861. The summed E-state index contributed by atoms with van der Waals surface area (Å²) in [5, 5.41) is 0. The van der Waals surface area contributed by atoms with Crippen LogP contribution >= 0.6 is 0 Å². The topological polar surface area (TPSA) is 61.5 Å². The van der Waals surface area contributed by atoms with Crippen LogP contribution in [0.2, 0.25) is 0 Å². The number of carbonyl (C=O) groups excluding carboxylic acids is 1. The van der Waals surface area contributed by atoms with Crippen molar-refractivity contribution in [3.63, 3.8) is 0 Å². The van der Waals surface area contributed by atoms with E-state index in [1.165, 1.54) is 0 Å². The Morgan fingerprint density at radius 3 is 2.70 bits per heavy atom. The molecule has 0 bridgehead atoms. The van der Waals surface area contributed by atoms with Gasteiger partial charge in [-0.3, -0.25) is 0 Å². The number of hydrogen-bond acceptors (Lipinski definition) is 4. The van der Waals surface area contributed by atoms with Crippen molar-refractivity contribution in [2.45, 2.75) is 27.2 Å².